The third kappa shape index (κ3) is 6.12. The third-order valence-electron chi connectivity index (χ3n) is 7.12. The Balaban J connectivity index is 0.00000272. The van der Waals surface area contributed by atoms with Crippen molar-refractivity contribution in [1.29, 1.82) is 0 Å². The molecule has 7 heteroatoms. The molecule has 1 amide bonds. The molecule has 2 heterocycles. The van der Waals surface area contributed by atoms with Gasteiger partial charge in [0.1, 0.15) is 0 Å². The van der Waals surface area contributed by atoms with Gasteiger partial charge in [-0.15, -0.1) is 24.0 Å². The number of hydrogen-bond acceptors (Lipinski definition) is 3. The summed E-state index contributed by atoms with van der Waals surface area (Å²) in [6.07, 6.45) is 6.70. The quantitative estimate of drug-likeness (QED) is 0.343. The number of carbonyl (C=O) groups is 1. The van der Waals surface area contributed by atoms with Crippen LogP contribution in [0.4, 0.5) is 0 Å². The van der Waals surface area contributed by atoms with E-state index in [2.05, 4.69) is 56.6 Å². The number of aliphatic imine (C=N–C) groups is 1. The molecule has 0 spiro atoms. The fourth-order valence-electron chi connectivity index (χ4n) is 5.16. The van der Waals surface area contributed by atoms with Gasteiger partial charge >= 0.3 is 0 Å². The fraction of sp³-hybridized carbons (Fsp3) is 0.667. The minimum absolute atomic E-state index is 0. The summed E-state index contributed by atoms with van der Waals surface area (Å²) in [5.41, 5.74) is 2.94. The van der Waals surface area contributed by atoms with Crippen LogP contribution < -0.4 is 10.6 Å². The van der Waals surface area contributed by atoms with Crippen LogP contribution in [0.5, 0.6) is 0 Å². The molecule has 2 atom stereocenters. The highest BCUT2D eigenvalue weighted by Crippen LogP contribution is 2.28. The Labute approximate surface area is 204 Å². The molecule has 1 aromatic carbocycles. The Hall–Kier alpha value is -1.35. The highest BCUT2D eigenvalue weighted by Gasteiger charge is 2.32. The molecule has 2 N–H and O–H groups in total. The Kier molecular flexibility index (Phi) is 9.01. The van der Waals surface area contributed by atoms with E-state index >= 15 is 0 Å². The normalized spacial score (nSPS) is 23.2. The largest absolute Gasteiger partial charge is 0.355 e. The number of nitrogens with zero attached hydrogens (tertiary/aromatic N) is 3. The summed E-state index contributed by atoms with van der Waals surface area (Å²) in [7, 11) is 1.83. The Bertz CT molecular complexity index is 764. The first-order valence-electron chi connectivity index (χ1n) is 11.7. The van der Waals surface area contributed by atoms with Crippen molar-refractivity contribution in [2.45, 2.75) is 64.1 Å². The fourth-order valence-corrected chi connectivity index (χ4v) is 5.16. The van der Waals surface area contributed by atoms with E-state index in [1.165, 1.54) is 24.0 Å². The van der Waals surface area contributed by atoms with Gasteiger partial charge in [-0.25, -0.2) is 0 Å². The van der Waals surface area contributed by atoms with Gasteiger partial charge in [-0.3, -0.25) is 14.7 Å². The predicted octanol–water partition coefficient (Wildman–Crippen LogP) is 3.01. The maximum absolute atomic E-state index is 12.7. The van der Waals surface area contributed by atoms with Crippen molar-refractivity contribution in [3.63, 3.8) is 0 Å². The monoisotopic (exact) mass is 539 g/mol. The molecule has 3 aliphatic rings. The summed E-state index contributed by atoms with van der Waals surface area (Å²) in [4.78, 5) is 21.7. The van der Waals surface area contributed by atoms with Crippen LogP contribution in [0.3, 0.4) is 0 Å². The van der Waals surface area contributed by atoms with E-state index in [1.54, 1.807) is 0 Å². The number of hydrogen-bond donors (Lipinski definition) is 2. The molecular weight excluding hydrogens is 501 g/mol. The summed E-state index contributed by atoms with van der Waals surface area (Å²) in [6, 6.07) is 9.50. The van der Waals surface area contributed by atoms with Gasteiger partial charge in [0.15, 0.2) is 5.96 Å². The zero-order valence-electron chi connectivity index (χ0n) is 19.0. The van der Waals surface area contributed by atoms with Crippen molar-refractivity contribution in [2.24, 2.45) is 10.9 Å². The number of rotatable bonds is 5. The van der Waals surface area contributed by atoms with Crippen molar-refractivity contribution < 1.29 is 4.79 Å². The van der Waals surface area contributed by atoms with Crippen molar-refractivity contribution >= 4 is 35.8 Å². The van der Waals surface area contributed by atoms with Crippen LogP contribution in [0.25, 0.3) is 0 Å². The maximum Gasteiger partial charge on any atom is 0.225 e. The second-order valence-corrected chi connectivity index (χ2v) is 9.19. The molecule has 0 radical (unpaired) electrons. The van der Waals surface area contributed by atoms with Crippen LogP contribution in [0.2, 0.25) is 0 Å². The molecule has 31 heavy (non-hydrogen) atoms. The highest BCUT2D eigenvalue weighted by molar-refractivity contribution is 14.0. The SMILES string of the molecule is CN=C(NCC(C)N1CCc2ccccc2C1)NC1CCN(C(=O)C2CCCC2)C1.I. The van der Waals surface area contributed by atoms with Crippen LogP contribution >= 0.6 is 24.0 Å². The third-order valence-corrected chi connectivity index (χ3v) is 7.12. The van der Waals surface area contributed by atoms with Gasteiger partial charge in [0.2, 0.25) is 5.91 Å². The Morgan fingerprint density at radius 2 is 1.90 bits per heavy atom. The van der Waals surface area contributed by atoms with Gasteiger partial charge < -0.3 is 15.5 Å². The van der Waals surface area contributed by atoms with Crippen LogP contribution in [0, 0.1) is 5.92 Å². The smallest absolute Gasteiger partial charge is 0.225 e. The molecule has 1 aromatic rings. The lowest BCUT2D eigenvalue weighted by Gasteiger charge is -2.34. The van der Waals surface area contributed by atoms with Gasteiger partial charge in [-0.2, -0.15) is 0 Å². The highest BCUT2D eigenvalue weighted by atomic mass is 127. The summed E-state index contributed by atoms with van der Waals surface area (Å²) in [5, 5.41) is 7.05. The molecule has 2 aliphatic heterocycles. The zero-order valence-corrected chi connectivity index (χ0v) is 21.3. The van der Waals surface area contributed by atoms with E-state index in [-0.39, 0.29) is 29.9 Å². The molecule has 0 aromatic heterocycles. The van der Waals surface area contributed by atoms with Crippen molar-refractivity contribution in [3.8, 4) is 0 Å². The molecule has 6 nitrogen and oxygen atoms in total. The van der Waals surface area contributed by atoms with Crippen LogP contribution in [-0.2, 0) is 17.8 Å². The number of carbonyl (C=O) groups excluding carboxylic acids is 1. The Morgan fingerprint density at radius 1 is 1.16 bits per heavy atom. The van der Waals surface area contributed by atoms with Crippen LogP contribution in [0.15, 0.2) is 29.3 Å². The summed E-state index contributed by atoms with van der Waals surface area (Å²) < 4.78 is 0. The molecular formula is C24H38IN5O. The van der Waals surface area contributed by atoms with Crippen molar-refractivity contribution in [2.75, 3.05) is 33.2 Å². The summed E-state index contributed by atoms with van der Waals surface area (Å²) in [6.45, 7) is 6.94. The maximum atomic E-state index is 12.7. The molecule has 1 aliphatic carbocycles. The number of halogens is 1. The number of guanidine groups is 1. The second kappa shape index (κ2) is 11.5. The standard InChI is InChI=1S/C24H37N5O.HI/c1-18(28-13-11-19-7-3-6-10-21(19)16-28)15-26-24(25-2)27-22-12-14-29(17-22)23(30)20-8-4-5-9-20;/h3,6-7,10,18,20,22H,4-5,8-9,11-17H2,1-2H3,(H2,25,26,27);1H. The van der Waals surface area contributed by atoms with Gasteiger partial charge in [0, 0.05) is 57.8 Å². The number of nitrogens with one attached hydrogen (secondary N) is 2. The molecule has 172 valence electrons. The average molecular weight is 540 g/mol. The van der Waals surface area contributed by atoms with Gasteiger partial charge in [0.05, 0.1) is 0 Å². The van der Waals surface area contributed by atoms with Crippen LogP contribution in [0.1, 0.15) is 50.2 Å². The molecule has 2 unspecified atom stereocenters. The predicted molar refractivity (Wildman–Crippen MR) is 137 cm³/mol. The first-order chi connectivity index (χ1) is 14.6. The van der Waals surface area contributed by atoms with Crippen LogP contribution in [-0.4, -0.2) is 67.0 Å². The molecule has 0 bridgehead atoms. The lowest BCUT2D eigenvalue weighted by molar-refractivity contribution is -0.134. The number of amides is 1. The summed E-state index contributed by atoms with van der Waals surface area (Å²) in [5.74, 6) is 1.50. The average Bonchev–Trinajstić information content (AvgIpc) is 3.48. The number of fused-ring (bicyclic) bond motifs is 1. The molecule has 1 saturated carbocycles. The van der Waals surface area contributed by atoms with E-state index in [4.69, 9.17) is 0 Å². The van der Waals surface area contributed by atoms with Crippen molar-refractivity contribution in [3.05, 3.63) is 35.4 Å². The topological polar surface area (TPSA) is 60.0 Å². The minimum Gasteiger partial charge on any atom is -0.355 e. The van der Waals surface area contributed by atoms with E-state index < -0.39 is 0 Å². The minimum atomic E-state index is 0. The van der Waals surface area contributed by atoms with Gasteiger partial charge in [-0.1, -0.05) is 37.1 Å². The first-order valence-corrected chi connectivity index (χ1v) is 11.7. The number of likely N-dealkylation sites (tertiary alicyclic amines) is 1. The zero-order chi connectivity index (χ0) is 20.9. The van der Waals surface area contributed by atoms with E-state index in [1.807, 2.05) is 7.05 Å². The van der Waals surface area contributed by atoms with E-state index in [9.17, 15) is 4.79 Å². The van der Waals surface area contributed by atoms with E-state index in [0.29, 0.717) is 18.0 Å². The first kappa shape index (κ1) is 24.3. The second-order valence-electron chi connectivity index (χ2n) is 9.19. The summed E-state index contributed by atoms with van der Waals surface area (Å²) >= 11 is 0. The molecule has 4 rings (SSSR count). The lowest BCUT2D eigenvalue weighted by Crippen LogP contribution is -2.50. The lowest BCUT2D eigenvalue weighted by atomic mass is 9.99. The van der Waals surface area contributed by atoms with Gasteiger partial charge in [-0.05, 0) is 43.7 Å². The number of benzene rings is 1. The molecule has 1 saturated heterocycles. The Morgan fingerprint density at radius 3 is 2.65 bits per heavy atom. The van der Waals surface area contributed by atoms with Crippen molar-refractivity contribution in [1.82, 2.24) is 20.4 Å². The van der Waals surface area contributed by atoms with E-state index in [0.717, 1.165) is 64.4 Å². The van der Waals surface area contributed by atoms with Gasteiger partial charge in [0.25, 0.3) is 0 Å². The molecule has 2 fully saturated rings.